The Balaban J connectivity index is 0.000000108. The second-order valence-electron chi connectivity index (χ2n) is 37.2. The number of furan rings is 3. The standard InChI is InChI=1S/3C45H27N3OS/c1-3-11-28(12-4-1)30-19-21-31(22-20-30)43-46-44(32-23-24-35-34-15-8-10-18-40(34)50-41(35)27-32)48-45(47-43)37-25-33(29-13-5-2-6-14-29)26-39-42(37)36-16-7-9-17-38(36)49-39;1-3-12-28(13-4-1)30-16-9-17-31(26-30)43-46-44(48-45(47-43)36-20-10-22-38-41(36)34-18-7-8-21-37(34)49-38)32-24-25-35-40(27-32)50-39-23-11-19-33(42(35)39)29-14-5-2-6-15-29;1-3-11-28(12-4-1)29-21-23-31(24-22-29)43-46-44(48-45(47-43)37-18-10-20-40-41(37)36-15-7-8-19-39(36)50-40)32-25-26-34-35-17-9-16-33(30-13-5-2-6-14-30)42(35)49-38(34)27-32/h3*1-27H. The van der Waals surface area contributed by atoms with Crippen LogP contribution in [0.5, 0.6) is 0 Å². The Hall–Kier alpha value is -19.3. The number of aromatic nitrogens is 9. The predicted molar refractivity (Wildman–Crippen MR) is 622 cm³/mol. The summed E-state index contributed by atoms with van der Waals surface area (Å²) in [7, 11) is 0. The zero-order chi connectivity index (χ0) is 99.1. The molecule has 30 rings (SSSR count). The molecule has 0 aliphatic heterocycles. The first-order valence-electron chi connectivity index (χ1n) is 49.8. The van der Waals surface area contributed by atoms with E-state index < -0.39 is 0 Å². The lowest BCUT2D eigenvalue weighted by Crippen LogP contribution is -2.00. The van der Waals surface area contributed by atoms with Gasteiger partial charge < -0.3 is 13.3 Å². The summed E-state index contributed by atoms with van der Waals surface area (Å²) in [4.78, 5) is 46.5. The van der Waals surface area contributed by atoms with E-state index in [9.17, 15) is 0 Å². The largest absolute Gasteiger partial charge is 0.456 e. The summed E-state index contributed by atoms with van der Waals surface area (Å²) in [6.45, 7) is 0. The monoisotopic (exact) mass is 1970 g/mol. The third-order valence-corrected chi connectivity index (χ3v) is 31.5. The minimum absolute atomic E-state index is 0.597. The fraction of sp³-hybridized carbons (Fsp3) is 0. The van der Waals surface area contributed by atoms with Gasteiger partial charge in [0.15, 0.2) is 52.4 Å². The van der Waals surface area contributed by atoms with E-state index in [1.807, 2.05) is 78.9 Å². The van der Waals surface area contributed by atoms with Gasteiger partial charge in [0.2, 0.25) is 0 Å². The molecule has 0 N–H and O–H groups in total. The maximum absolute atomic E-state index is 6.61. The van der Waals surface area contributed by atoms with Crippen LogP contribution in [0.15, 0.2) is 505 Å². The fourth-order valence-electron chi connectivity index (χ4n) is 20.8. The zero-order valence-electron chi connectivity index (χ0n) is 80.2. The van der Waals surface area contributed by atoms with Crippen LogP contribution in [0, 0.1) is 0 Å². The van der Waals surface area contributed by atoms with Crippen molar-refractivity contribution in [3.8, 4) is 169 Å². The summed E-state index contributed by atoms with van der Waals surface area (Å²) in [5.41, 5.74) is 26.9. The highest BCUT2D eigenvalue weighted by atomic mass is 32.1. The van der Waals surface area contributed by atoms with Crippen molar-refractivity contribution in [3.63, 3.8) is 0 Å². The molecule has 0 amide bonds. The smallest absolute Gasteiger partial charge is 0.164 e. The van der Waals surface area contributed by atoms with Crippen LogP contribution < -0.4 is 0 Å². The molecule has 15 heteroatoms. The summed E-state index contributed by atoms with van der Waals surface area (Å²) in [5, 5.41) is 13.6. The number of nitrogens with zero attached hydrogens (tertiary/aromatic N) is 9. The molecule has 30 aromatic rings. The van der Waals surface area contributed by atoms with Crippen molar-refractivity contribution in [1.29, 1.82) is 0 Å². The van der Waals surface area contributed by atoms with Crippen molar-refractivity contribution < 1.29 is 13.3 Å². The average Bonchev–Trinajstić information content (AvgIpc) is 1.58. The van der Waals surface area contributed by atoms with Crippen molar-refractivity contribution in [3.05, 3.63) is 491 Å². The molecule has 150 heavy (non-hydrogen) atoms. The van der Waals surface area contributed by atoms with E-state index in [4.69, 9.17) is 58.1 Å². The molecule has 702 valence electrons. The van der Waals surface area contributed by atoms with Gasteiger partial charge in [0.05, 0.1) is 0 Å². The van der Waals surface area contributed by atoms with Crippen LogP contribution in [0.2, 0.25) is 0 Å². The minimum Gasteiger partial charge on any atom is -0.456 e. The molecule has 0 fully saturated rings. The predicted octanol–water partition coefficient (Wildman–Crippen LogP) is 37.4. The highest BCUT2D eigenvalue weighted by Gasteiger charge is 2.27. The molecule has 0 atom stereocenters. The zero-order valence-corrected chi connectivity index (χ0v) is 82.7. The molecular formula is C135H81N9O3S3. The number of hydrogen-bond donors (Lipinski definition) is 0. The van der Waals surface area contributed by atoms with E-state index in [0.717, 1.165) is 166 Å². The maximum atomic E-state index is 6.61. The number of benzene rings is 21. The first-order chi connectivity index (χ1) is 74.3. The van der Waals surface area contributed by atoms with E-state index in [2.05, 4.69) is 413 Å². The summed E-state index contributed by atoms with van der Waals surface area (Å²) in [6, 6.07) is 170. The van der Waals surface area contributed by atoms with Crippen molar-refractivity contribution in [1.82, 2.24) is 44.9 Å². The molecule has 0 aliphatic rings. The second kappa shape index (κ2) is 37.7. The van der Waals surface area contributed by atoms with Crippen LogP contribution in [-0.4, -0.2) is 44.9 Å². The van der Waals surface area contributed by atoms with Gasteiger partial charge in [-0.3, -0.25) is 0 Å². The number of hydrogen-bond acceptors (Lipinski definition) is 15. The third kappa shape index (κ3) is 16.4. The third-order valence-electron chi connectivity index (χ3n) is 28.1. The molecule has 0 unspecified atom stereocenters. The van der Waals surface area contributed by atoms with Gasteiger partial charge in [-0.1, -0.05) is 406 Å². The number of rotatable bonds is 15. The lowest BCUT2D eigenvalue weighted by Gasteiger charge is -2.11. The van der Waals surface area contributed by atoms with Crippen LogP contribution in [0.1, 0.15) is 0 Å². The fourth-order valence-corrected chi connectivity index (χ4v) is 24.3. The van der Waals surface area contributed by atoms with Gasteiger partial charge in [0.1, 0.15) is 33.5 Å². The van der Waals surface area contributed by atoms with Crippen LogP contribution >= 0.6 is 34.0 Å². The molecule has 0 aliphatic carbocycles. The van der Waals surface area contributed by atoms with Gasteiger partial charge in [-0.2, -0.15) is 0 Å². The minimum atomic E-state index is 0.597. The van der Waals surface area contributed by atoms with Gasteiger partial charge in [-0.15, -0.1) is 34.0 Å². The maximum Gasteiger partial charge on any atom is 0.164 e. The molecule has 12 nitrogen and oxygen atoms in total. The van der Waals surface area contributed by atoms with Crippen LogP contribution in [-0.2, 0) is 0 Å². The lowest BCUT2D eigenvalue weighted by molar-refractivity contribution is 0.668. The summed E-state index contributed by atoms with van der Waals surface area (Å²) >= 11 is 5.38. The lowest BCUT2D eigenvalue weighted by atomic mass is 9.98. The van der Waals surface area contributed by atoms with E-state index in [1.165, 1.54) is 77.4 Å². The van der Waals surface area contributed by atoms with Gasteiger partial charge in [-0.05, 0) is 146 Å². The highest BCUT2D eigenvalue weighted by Crippen LogP contribution is 2.49. The van der Waals surface area contributed by atoms with Crippen LogP contribution in [0.25, 0.3) is 296 Å². The van der Waals surface area contributed by atoms with Gasteiger partial charge in [0, 0.05) is 148 Å². The Morgan fingerprint density at radius 1 is 0.127 bits per heavy atom. The second-order valence-corrected chi connectivity index (χ2v) is 40.4. The molecule has 0 saturated heterocycles. The van der Waals surface area contributed by atoms with Gasteiger partial charge in [-0.25, -0.2) is 44.9 Å². The summed E-state index contributed by atoms with van der Waals surface area (Å²) in [6.07, 6.45) is 0. The van der Waals surface area contributed by atoms with Crippen molar-refractivity contribution >= 4 is 160 Å². The highest BCUT2D eigenvalue weighted by molar-refractivity contribution is 7.26. The van der Waals surface area contributed by atoms with Crippen LogP contribution in [0.3, 0.4) is 0 Å². The molecule has 0 saturated carbocycles. The summed E-state index contributed by atoms with van der Waals surface area (Å²) < 4.78 is 26.7. The summed E-state index contributed by atoms with van der Waals surface area (Å²) in [5.74, 6) is 5.56. The first kappa shape index (κ1) is 88.4. The van der Waals surface area contributed by atoms with Crippen molar-refractivity contribution in [2.75, 3.05) is 0 Å². The molecule has 21 aromatic carbocycles. The molecule has 0 bridgehead atoms. The van der Waals surface area contributed by atoms with Crippen molar-refractivity contribution in [2.45, 2.75) is 0 Å². The SMILES string of the molecule is c1ccc(-c2ccc(-c3nc(-c4ccc5c(c4)oc4c(-c6ccccc6)cccc45)nc(-c4cccc5sc6ccccc6c45)n3)cc2)cc1.c1ccc(-c2ccc(-c3nc(-c4ccc5c(c4)sc4ccccc45)nc(-c4cc(-c5ccccc5)cc5oc6ccccc6c45)n3)cc2)cc1.c1ccc(-c2cccc(-c3nc(-c4ccc5c(c4)sc4cccc(-c6ccccc6)c45)nc(-c4cccc5oc6ccccc6c45)n3)c2)cc1. The Bertz CT molecular complexity index is 10500. The Morgan fingerprint density at radius 2 is 0.427 bits per heavy atom. The Kier molecular flexibility index (Phi) is 22.2. The average molecular weight is 1970 g/mol. The Morgan fingerprint density at radius 3 is 0.993 bits per heavy atom. The van der Waals surface area contributed by atoms with Crippen LogP contribution in [0.4, 0.5) is 0 Å². The van der Waals surface area contributed by atoms with Gasteiger partial charge >= 0.3 is 0 Å². The molecular weight excluding hydrogens is 1890 g/mol. The molecule has 0 radical (unpaired) electrons. The molecule has 9 heterocycles. The van der Waals surface area contributed by atoms with E-state index >= 15 is 0 Å². The number of fused-ring (bicyclic) bond motifs is 18. The Labute approximate surface area is 872 Å². The van der Waals surface area contributed by atoms with E-state index in [0.29, 0.717) is 52.4 Å². The molecule has 9 aromatic heterocycles. The topological polar surface area (TPSA) is 155 Å². The van der Waals surface area contributed by atoms with E-state index in [-0.39, 0.29) is 0 Å². The quantitative estimate of drug-likeness (QED) is 0.0959. The number of thiophene rings is 3. The van der Waals surface area contributed by atoms with E-state index in [1.54, 1.807) is 34.0 Å². The normalized spacial score (nSPS) is 11.6. The van der Waals surface area contributed by atoms with Crippen molar-refractivity contribution in [2.24, 2.45) is 0 Å². The number of para-hydroxylation sites is 3. The van der Waals surface area contributed by atoms with Gasteiger partial charge in [0.25, 0.3) is 0 Å². The molecule has 0 spiro atoms. The first-order valence-corrected chi connectivity index (χ1v) is 52.3.